The average molecular weight is 374 g/mol. The van der Waals surface area contributed by atoms with Crippen molar-refractivity contribution < 1.29 is 17.9 Å². The molecule has 2 aromatic carbocycles. The molecule has 25 heavy (non-hydrogen) atoms. The van der Waals surface area contributed by atoms with Crippen LogP contribution in [-0.2, 0) is 19.4 Å². The van der Waals surface area contributed by atoms with E-state index in [-0.39, 0.29) is 34.6 Å². The van der Waals surface area contributed by atoms with Crippen molar-refractivity contribution in [2.45, 2.75) is 17.8 Å². The molecule has 1 aliphatic heterocycles. The van der Waals surface area contributed by atoms with E-state index in [1.807, 2.05) is 48.5 Å². The Bertz CT molecular complexity index is 875. The molecule has 0 aromatic heterocycles. The van der Waals surface area contributed by atoms with Gasteiger partial charge in [0.1, 0.15) is 0 Å². The molecule has 0 saturated carbocycles. The normalized spacial score (nSPS) is 20.9. The summed E-state index contributed by atoms with van der Waals surface area (Å²) in [5.41, 5.74) is 4.21. The van der Waals surface area contributed by atoms with Gasteiger partial charge in [-0.05, 0) is 17.5 Å². The lowest BCUT2D eigenvalue weighted by molar-refractivity contribution is -0.144. The number of benzene rings is 2. The van der Waals surface area contributed by atoms with Gasteiger partial charge in [-0.1, -0.05) is 48.5 Å². The molecule has 0 spiro atoms. The molecule has 0 radical (unpaired) electrons. The highest BCUT2D eigenvalue weighted by Crippen LogP contribution is 2.45. The minimum Gasteiger partial charge on any atom is -0.452 e. The molecular weight excluding hydrogens is 356 g/mol. The van der Waals surface area contributed by atoms with Gasteiger partial charge in [-0.3, -0.25) is 4.79 Å². The van der Waals surface area contributed by atoms with Gasteiger partial charge in [0.15, 0.2) is 15.9 Å². The van der Waals surface area contributed by atoms with Gasteiger partial charge in [0.05, 0.1) is 17.3 Å². The third-order valence-electron chi connectivity index (χ3n) is 4.65. The second-order valence-corrected chi connectivity index (χ2v) is 9.90. The van der Waals surface area contributed by atoms with Crippen molar-refractivity contribution >= 4 is 27.6 Å². The molecule has 1 fully saturated rings. The zero-order valence-corrected chi connectivity index (χ0v) is 15.2. The van der Waals surface area contributed by atoms with Gasteiger partial charge in [0.2, 0.25) is 0 Å². The lowest BCUT2D eigenvalue weighted by atomic mass is 10.1. The lowest BCUT2D eigenvalue weighted by Gasteiger charge is -2.15. The van der Waals surface area contributed by atoms with Gasteiger partial charge in [0.25, 0.3) is 0 Å². The van der Waals surface area contributed by atoms with E-state index in [1.165, 1.54) is 11.8 Å². The fourth-order valence-electron chi connectivity index (χ4n) is 3.48. The summed E-state index contributed by atoms with van der Waals surface area (Å²) < 4.78 is 28.8. The molecule has 1 aliphatic carbocycles. The molecule has 2 aliphatic rings. The van der Waals surface area contributed by atoms with Crippen LogP contribution < -0.4 is 0 Å². The Morgan fingerprint density at radius 2 is 1.64 bits per heavy atom. The summed E-state index contributed by atoms with van der Waals surface area (Å²) >= 11 is 1.39. The zero-order chi connectivity index (χ0) is 17.4. The summed E-state index contributed by atoms with van der Waals surface area (Å²) in [4.78, 5) is 12.3. The molecule has 1 heterocycles. The third kappa shape index (κ3) is 3.33. The second kappa shape index (κ2) is 6.50. The van der Waals surface area contributed by atoms with Crippen LogP contribution in [0.3, 0.4) is 0 Å². The SMILES string of the molecule is O=C(CS[C@H]1CCS(=O)(=O)C1)OC1c2ccccc2-c2ccccc21. The van der Waals surface area contributed by atoms with E-state index in [2.05, 4.69) is 0 Å². The standard InChI is InChI=1S/C19H18O4S2/c20-18(11-24-13-9-10-25(21,22)12-13)23-19-16-7-3-1-5-14(16)15-6-2-4-8-17(15)19/h1-8,13,19H,9-12H2/t13-/m0/s1. The summed E-state index contributed by atoms with van der Waals surface area (Å²) in [5, 5.41) is 0.000649. The number of rotatable bonds is 4. The molecule has 0 unspecified atom stereocenters. The van der Waals surface area contributed by atoms with E-state index in [0.29, 0.717) is 6.42 Å². The fraction of sp³-hybridized carbons (Fsp3) is 0.316. The number of sulfone groups is 1. The minimum absolute atomic E-state index is 0.000649. The van der Waals surface area contributed by atoms with Crippen molar-refractivity contribution in [2.75, 3.05) is 17.3 Å². The molecule has 2 aromatic rings. The number of esters is 1. The maximum absolute atomic E-state index is 12.3. The van der Waals surface area contributed by atoms with Crippen molar-refractivity contribution in [3.63, 3.8) is 0 Å². The molecule has 6 heteroatoms. The van der Waals surface area contributed by atoms with Crippen LogP contribution >= 0.6 is 11.8 Å². The van der Waals surface area contributed by atoms with Gasteiger partial charge in [-0.15, -0.1) is 11.8 Å². The van der Waals surface area contributed by atoms with Gasteiger partial charge in [0, 0.05) is 16.4 Å². The van der Waals surface area contributed by atoms with Crippen LogP contribution in [0.2, 0.25) is 0 Å². The highest BCUT2D eigenvalue weighted by atomic mass is 32.2. The number of thioether (sulfide) groups is 1. The second-order valence-electron chi connectivity index (χ2n) is 6.38. The number of carbonyl (C=O) groups is 1. The molecule has 0 bridgehead atoms. The minimum atomic E-state index is -2.92. The first-order valence-electron chi connectivity index (χ1n) is 8.23. The van der Waals surface area contributed by atoms with E-state index in [1.54, 1.807) is 0 Å². The monoisotopic (exact) mass is 374 g/mol. The number of fused-ring (bicyclic) bond motifs is 3. The largest absolute Gasteiger partial charge is 0.452 e. The van der Waals surface area contributed by atoms with Crippen LogP contribution in [0.25, 0.3) is 11.1 Å². The number of hydrogen-bond acceptors (Lipinski definition) is 5. The van der Waals surface area contributed by atoms with Gasteiger partial charge < -0.3 is 4.74 Å². The van der Waals surface area contributed by atoms with Crippen LogP contribution in [0.1, 0.15) is 23.7 Å². The predicted octanol–water partition coefficient (Wildman–Crippen LogP) is 3.22. The summed E-state index contributed by atoms with van der Waals surface area (Å²) in [6.07, 6.45) is 0.239. The first-order chi connectivity index (χ1) is 12.0. The number of carbonyl (C=O) groups excluding carboxylic acids is 1. The zero-order valence-electron chi connectivity index (χ0n) is 13.6. The summed E-state index contributed by atoms with van der Waals surface area (Å²) in [5.74, 6) is 0.273. The van der Waals surface area contributed by atoms with Crippen molar-refractivity contribution in [2.24, 2.45) is 0 Å². The van der Waals surface area contributed by atoms with Crippen LogP contribution in [0, 0.1) is 0 Å². The van der Waals surface area contributed by atoms with Crippen LogP contribution in [0.4, 0.5) is 0 Å². The van der Waals surface area contributed by atoms with Crippen molar-refractivity contribution in [3.05, 3.63) is 59.7 Å². The van der Waals surface area contributed by atoms with E-state index in [4.69, 9.17) is 4.74 Å². The van der Waals surface area contributed by atoms with Crippen molar-refractivity contribution in [3.8, 4) is 11.1 Å². The molecular formula is C19H18O4S2. The topological polar surface area (TPSA) is 60.4 Å². The quantitative estimate of drug-likeness (QED) is 0.769. The molecule has 1 saturated heterocycles. The fourth-order valence-corrected chi connectivity index (χ4v) is 6.90. The van der Waals surface area contributed by atoms with E-state index in [9.17, 15) is 13.2 Å². The smallest absolute Gasteiger partial charge is 0.316 e. The summed E-state index contributed by atoms with van der Waals surface area (Å²) in [7, 11) is -2.92. The highest BCUT2D eigenvalue weighted by molar-refractivity contribution is 8.02. The summed E-state index contributed by atoms with van der Waals surface area (Å²) in [6.45, 7) is 0. The average Bonchev–Trinajstić information content (AvgIpc) is 3.11. The van der Waals surface area contributed by atoms with E-state index < -0.39 is 9.84 Å². The van der Waals surface area contributed by atoms with E-state index in [0.717, 1.165) is 22.3 Å². The molecule has 0 N–H and O–H groups in total. The predicted molar refractivity (Wildman–Crippen MR) is 99.3 cm³/mol. The first kappa shape index (κ1) is 16.7. The Morgan fingerprint density at radius 1 is 1.04 bits per heavy atom. The Balaban J connectivity index is 1.46. The maximum atomic E-state index is 12.3. The maximum Gasteiger partial charge on any atom is 0.316 e. The Labute approximate surface area is 151 Å². The summed E-state index contributed by atoms with van der Waals surface area (Å²) in [6, 6.07) is 15.9. The van der Waals surface area contributed by atoms with Gasteiger partial charge in [-0.25, -0.2) is 8.42 Å². The Hall–Kier alpha value is -1.79. The van der Waals surface area contributed by atoms with Crippen molar-refractivity contribution in [1.82, 2.24) is 0 Å². The molecule has 4 rings (SSSR count). The number of ether oxygens (including phenoxy) is 1. The lowest BCUT2D eigenvalue weighted by Crippen LogP contribution is -2.15. The Morgan fingerprint density at radius 3 is 2.20 bits per heavy atom. The molecule has 130 valence electrons. The van der Waals surface area contributed by atoms with Gasteiger partial charge >= 0.3 is 5.97 Å². The van der Waals surface area contributed by atoms with Gasteiger partial charge in [-0.2, -0.15) is 0 Å². The van der Waals surface area contributed by atoms with E-state index >= 15 is 0 Å². The molecule has 4 nitrogen and oxygen atoms in total. The highest BCUT2D eigenvalue weighted by Gasteiger charge is 2.32. The van der Waals surface area contributed by atoms with Crippen LogP contribution in [-0.4, -0.2) is 36.9 Å². The van der Waals surface area contributed by atoms with Crippen LogP contribution in [0.15, 0.2) is 48.5 Å². The number of hydrogen-bond donors (Lipinski definition) is 0. The Kier molecular flexibility index (Phi) is 4.33. The first-order valence-corrected chi connectivity index (χ1v) is 11.1. The molecule has 1 atom stereocenters. The third-order valence-corrected chi connectivity index (χ3v) is 7.91. The van der Waals surface area contributed by atoms with Crippen molar-refractivity contribution in [1.29, 1.82) is 0 Å². The van der Waals surface area contributed by atoms with Crippen LogP contribution in [0.5, 0.6) is 0 Å². The molecule has 0 amide bonds.